The second-order valence-electron chi connectivity index (χ2n) is 5.89. The van der Waals surface area contributed by atoms with Crippen LogP contribution >= 0.6 is 23.2 Å². The fraction of sp³-hybridized carbons (Fsp3) is 0.0556. The maximum atomic E-state index is 12.9. The number of benzene rings is 2. The molecule has 0 saturated carbocycles. The van der Waals surface area contributed by atoms with Crippen molar-refractivity contribution >= 4 is 64.0 Å². The molecule has 9 nitrogen and oxygen atoms in total. The summed E-state index contributed by atoms with van der Waals surface area (Å²) in [6.45, 7) is 0. The smallest absolute Gasteiger partial charge is 0.282 e. The van der Waals surface area contributed by atoms with Crippen LogP contribution in [0.15, 0.2) is 58.7 Å². The maximum Gasteiger partial charge on any atom is 0.282 e. The van der Waals surface area contributed by atoms with Crippen molar-refractivity contribution in [2.45, 2.75) is 0 Å². The molecule has 5 N–H and O–H groups in total. The molecule has 1 aliphatic rings. The van der Waals surface area contributed by atoms with Crippen LogP contribution in [0.4, 0.5) is 11.4 Å². The molecule has 148 valence electrons. The van der Waals surface area contributed by atoms with Crippen molar-refractivity contribution < 1.29 is 14.4 Å². The van der Waals surface area contributed by atoms with E-state index in [9.17, 15) is 14.4 Å². The van der Waals surface area contributed by atoms with E-state index in [1.54, 1.807) is 24.3 Å². The number of carbonyl (C=O) groups is 3. The van der Waals surface area contributed by atoms with Gasteiger partial charge in [0.25, 0.3) is 11.8 Å². The van der Waals surface area contributed by atoms with E-state index < -0.39 is 35.3 Å². The first kappa shape index (κ1) is 20.3. The van der Waals surface area contributed by atoms with Gasteiger partial charge in [-0.2, -0.15) is 0 Å². The lowest BCUT2D eigenvalue weighted by atomic mass is 10.1. The van der Waals surface area contributed by atoms with Gasteiger partial charge in [-0.05, 0) is 48.5 Å². The second-order valence-corrected chi connectivity index (χ2v) is 6.77. The molecule has 1 atom stereocenters. The molecule has 1 aliphatic heterocycles. The van der Waals surface area contributed by atoms with Crippen LogP contribution in [0, 0.1) is 5.92 Å². The van der Waals surface area contributed by atoms with Gasteiger partial charge in [0.1, 0.15) is 0 Å². The van der Waals surface area contributed by atoms with Crippen molar-refractivity contribution in [3.63, 3.8) is 0 Å². The van der Waals surface area contributed by atoms with E-state index in [0.717, 1.165) is 4.90 Å². The average molecular weight is 433 g/mol. The van der Waals surface area contributed by atoms with Gasteiger partial charge in [0.05, 0.1) is 5.69 Å². The van der Waals surface area contributed by atoms with Crippen molar-refractivity contribution in [1.29, 1.82) is 0 Å². The van der Waals surface area contributed by atoms with Crippen molar-refractivity contribution in [3.05, 3.63) is 58.6 Å². The summed E-state index contributed by atoms with van der Waals surface area (Å²) in [6, 6.07) is 12.2. The van der Waals surface area contributed by atoms with Crippen molar-refractivity contribution in [2.24, 2.45) is 27.6 Å². The number of hydrogen-bond donors (Lipinski definition) is 3. The first-order valence-corrected chi connectivity index (χ1v) is 8.90. The van der Waals surface area contributed by atoms with Crippen molar-refractivity contribution in [3.8, 4) is 0 Å². The Kier molecular flexibility index (Phi) is 5.81. The quantitative estimate of drug-likeness (QED) is 0.221. The summed E-state index contributed by atoms with van der Waals surface area (Å²) >= 11 is 11.7. The molecule has 0 aliphatic carbocycles. The lowest BCUT2D eigenvalue weighted by Gasteiger charge is -2.14. The Morgan fingerprint density at radius 1 is 0.966 bits per heavy atom. The van der Waals surface area contributed by atoms with Crippen LogP contribution in [0.1, 0.15) is 0 Å². The Morgan fingerprint density at radius 3 is 2.07 bits per heavy atom. The van der Waals surface area contributed by atoms with Crippen LogP contribution in [0.25, 0.3) is 0 Å². The monoisotopic (exact) mass is 432 g/mol. The van der Waals surface area contributed by atoms with Crippen LogP contribution in [0.3, 0.4) is 0 Å². The van der Waals surface area contributed by atoms with Gasteiger partial charge in [-0.3, -0.25) is 14.4 Å². The molecule has 2 aromatic rings. The fourth-order valence-corrected chi connectivity index (χ4v) is 2.87. The number of rotatable bonds is 4. The molecule has 0 aromatic heterocycles. The van der Waals surface area contributed by atoms with E-state index >= 15 is 0 Å². The standard InChI is InChI=1S/C18H14Cl2N6O3/c19-9-1-5-11(6-2-9)23-15(27)13-14(24-25-18(21)22)17(29)26(16(13)28)12-7-3-10(20)4-8-12/h1-8,13H,(H,23,27)(H4,21,22,25)/b24-14-/t13-/m0/s1. The summed E-state index contributed by atoms with van der Waals surface area (Å²) < 4.78 is 0. The van der Waals surface area contributed by atoms with E-state index in [1.165, 1.54) is 24.3 Å². The molecule has 0 spiro atoms. The Balaban J connectivity index is 1.98. The summed E-state index contributed by atoms with van der Waals surface area (Å²) in [5.74, 6) is -4.37. The minimum Gasteiger partial charge on any atom is -0.369 e. The van der Waals surface area contributed by atoms with Gasteiger partial charge in [-0.1, -0.05) is 23.2 Å². The molecular weight excluding hydrogens is 419 g/mol. The van der Waals surface area contributed by atoms with Gasteiger partial charge in [-0.15, -0.1) is 10.2 Å². The number of guanidine groups is 1. The van der Waals surface area contributed by atoms with E-state index in [-0.39, 0.29) is 5.69 Å². The predicted molar refractivity (Wildman–Crippen MR) is 111 cm³/mol. The van der Waals surface area contributed by atoms with Crippen LogP contribution in [0.5, 0.6) is 0 Å². The first-order valence-electron chi connectivity index (χ1n) is 8.14. The summed E-state index contributed by atoms with van der Waals surface area (Å²) in [4.78, 5) is 39.4. The lowest BCUT2D eigenvalue weighted by molar-refractivity contribution is -0.127. The number of hydrogen-bond acceptors (Lipinski definition) is 5. The predicted octanol–water partition coefficient (Wildman–Crippen LogP) is 1.75. The second kappa shape index (κ2) is 8.29. The highest BCUT2D eigenvalue weighted by Gasteiger charge is 2.50. The molecule has 0 bridgehead atoms. The van der Waals surface area contributed by atoms with Crippen LogP contribution in [0.2, 0.25) is 10.0 Å². The molecule has 11 heteroatoms. The summed E-state index contributed by atoms with van der Waals surface area (Å²) in [7, 11) is 0. The molecule has 3 rings (SSSR count). The number of amides is 3. The minimum absolute atomic E-state index is 0.226. The van der Waals surface area contributed by atoms with E-state index in [1.807, 2.05) is 0 Å². The lowest BCUT2D eigenvalue weighted by Crippen LogP contribution is -2.34. The molecular formula is C18H14Cl2N6O3. The van der Waals surface area contributed by atoms with E-state index in [2.05, 4.69) is 15.5 Å². The number of anilines is 2. The van der Waals surface area contributed by atoms with E-state index in [4.69, 9.17) is 34.7 Å². The summed E-state index contributed by atoms with van der Waals surface area (Å²) in [6.07, 6.45) is 0. The van der Waals surface area contributed by atoms with Crippen LogP contribution in [-0.4, -0.2) is 29.4 Å². The van der Waals surface area contributed by atoms with Gasteiger partial charge in [0.15, 0.2) is 11.6 Å². The Labute approximate surface area is 175 Å². The molecule has 1 heterocycles. The number of halogens is 2. The highest BCUT2D eigenvalue weighted by molar-refractivity contribution is 6.61. The number of imide groups is 1. The van der Waals surface area contributed by atoms with Gasteiger partial charge >= 0.3 is 0 Å². The minimum atomic E-state index is -1.54. The van der Waals surface area contributed by atoms with Crippen LogP contribution < -0.4 is 21.7 Å². The third-order valence-electron chi connectivity index (χ3n) is 3.89. The molecule has 29 heavy (non-hydrogen) atoms. The van der Waals surface area contributed by atoms with Crippen LogP contribution in [-0.2, 0) is 14.4 Å². The Hall–Kier alpha value is -3.43. The topological polar surface area (TPSA) is 143 Å². The number of nitrogens with zero attached hydrogens (tertiary/aromatic N) is 3. The van der Waals surface area contributed by atoms with Gasteiger partial charge in [0, 0.05) is 15.7 Å². The Bertz CT molecular complexity index is 1030. The summed E-state index contributed by atoms with van der Waals surface area (Å²) in [5.41, 5.74) is 10.7. The number of nitrogens with two attached hydrogens (primary N) is 2. The maximum absolute atomic E-state index is 12.9. The highest BCUT2D eigenvalue weighted by atomic mass is 35.5. The highest BCUT2D eigenvalue weighted by Crippen LogP contribution is 2.27. The summed E-state index contributed by atoms with van der Waals surface area (Å²) in [5, 5.41) is 10.5. The van der Waals surface area contributed by atoms with Crippen molar-refractivity contribution in [1.82, 2.24) is 0 Å². The largest absolute Gasteiger partial charge is 0.369 e. The third kappa shape index (κ3) is 4.36. The zero-order chi connectivity index (χ0) is 21.1. The van der Waals surface area contributed by atoms with Gasteiger partial charge in [-0.25, -0.2) is 4.90 Å². The fourth-order valence-electron chi connectivity index (χ4n) is 2.61. The molecule has 1 fully saturated rings. The molecule has 0 unspecified atom stereocenters. The Morgan fingerprint density at radius 2 is 1.52 bits per heavy atom. The van der Waals surface area contributed by atoms with Crippen molar-refractivity contribution in [2.75, 3.05) is 10.2 Å². The molecule has 2 aromatic carbocycles. The van der Waals surface area contributed by atoms with E-state index in [0.29, 0.717) is 15.7 Å². The normalized spacial score (nSPS) is 17.5. The SMILES string of the molecule is NC(N)=N/N=C1\C(=O)N(c2ccc(Cl)cc2)C(=O)[C@@H]1C(=O)Nc1ccc(Cl)cc1. The zero-order valence-corrected chi connectivity index (χ0v) is 16.2. The molecule has 3 amide bonds. The zero-order valence-electron chi connectivity index (χ0n) is 14.7. The third-order valence-corrected chi connectivity index (χ3v) is 4.40. The number of carbonyl (C=O) groups excluding carboxylic acids is 3. The first-order chi connectivity index (χ1) is 13.8. The van der Waals surface area contributed by atoms with Gasteiger partial charge < -0.3 is 16.8 Å². The number of nitrogens with one attached hydrogen (secondary N) is 1. The average Bonchev–Trinajstić information content (AvgIpc) is 2.92. The van der Waals surface area contributed by atoms with Gasteiger partial charge in [0.2, 0.25) is 11.9 Å². The molecule has 0 radical (unpaired) electrons. The molecule has 1 saturated heterocycles.